The Bertz CT molecular complexity index is 701. The van der Waals surface area contributed by atoms with Crippen LogP contribution in [0.5, 0.6) is 0 Å². The van der Waals surface area contributed by atoms with Gasteiger partial charge < -0.3 is 0 Å². The lowest BCUT2D eigenvalue weighted by molar-refractivity contribution is 0.563. The normalized spacial score (nSPS) is 17.2. The summed E-state index contributed by atoms with van der Waals surface area (Å²) in [4.78, 5) is 12.0. The van der Waals surface area contributed by atoms with Gasteiger partial charge >= 0.3 is 0 Å². The van der Waals surface area contributed by atoms with Crippen LogP contribution in [0.3, 0.4) is 0 Å². The number of benzene rings is 1. The lowest BCUT2D eigenvalue weighted by atomic mass is 9.98. The molecule has 1 aliphatic rings. The summed E-state index contributed by atoms with van der Waals surface area (Å²) < 4.78 is 16.0. The molecule has 0 bridgehead atoms. The molecule has 2 nitrogen and oxygen atoms in total. The fraction of sp³-hybridized carbons (Fsp3) is 0.200. The SMILES string of the molecule is O=NC(C1=C(F)CCC(Br)=C1)c1cc2ccccc2s1. The van der Waals surface area contributed by atoms with E-state index in [0.29, 0.717) is 18.4 Å². The van der Waals surface area contributed by atoms with Crippen LogP contribution >= 0.6 is 27.3 Å². The molecule has 0 amide bonds. The average molecular weight is 352 g/mol. The molecule has 1 unspecified atom stereocenters. The molecule has 0 N–H and O–H groups in total. The fourth-order valence-corrected chi connectivity index (χ4v) is 3.88. The lowest BCUT2D eigenvalue weighted by Crippen LogP contribution is -2.02. The summed E-state index contributed by atoms with van der Waals surface area (Å²) in [5.74, 6) is -0.241. The third kappa shape index (κ3) is 2.47. The molecule has 0 spiro atoms. The first-order valence-electron chi connectivity index (χ1n) is 6.24. The molecule has 0 radical (unpaired) electrons. The highest BCUT2D eigenvalue weighted by Gasteiger charge is 2.25. The summed E-state index contributed by atoms with van der Waals surface area (Å²) in [6.07, 6.45) is 2.64. The zero-order valence-corrected chi connectivity index (χ0v) is 12.9. The van der Waals surface area contributed by atoms with E-state index in [1.165, 1.54) is 11.3 Å². The maximum absolute atomic E-state index is 14.0. The van der Waals surface area contributed by atoms with E-state index in [-0.39, 0.29) is 5.83 Å². The highest BCUT2D eigenvalue weighted by Crippen LogP contribution is 2.41. The summed E-state index contributed by atoms with van der Waals surface area (Å²) in [6, 6.07) is 9.02. The van der Waals surface area contributed by atoms with Gasteiger partial charge in [0.2, 0.25) is 0 Å². The van der Waals surface area contributed by atoms with E-state index in [1.807, 2.05) is 30.3 Å². The Morgan fingerprint density at radius 3 is 2.85 bits per heavy atom. The van der Waals surface area contributed by atoms with Crippen molar-refractivity contribution in [2.45, 2.75) is 18.9 Å². The molecule has 1 aromatic carbocycles. The number of halogens is 2. The van der Waals surface area contributed by atoms with Crippen LogP contribution in [-0.2, 0) is 0 Å². The molecule has 2 aromatic rings. The minimum Gasteiger partial charge on any atom is -0.211 e. The summed E-state index contributed by atoms with van der Waals surface area (Å²) in [5, 5.41) is 4.22. The zero-order valence-electron chi connectivity index (χ0n) is 10.5. The molecule has 1 aromatic heterocycles. The third-order valence-electron chi connectivity index (χ3n) is 3.32. The lowest BCUT2D eigenvalue weighted by Gasteiger charge is -2.15. The highest BCUT2D eigenvalue weighted by atomic mass is 79.9. The van der Waals surface area contributed by atoms with Crippen molar-refractivity contribution in [1.29, 1.82) is 0 Å². The summed E-state index contributed by atoms with van der Waals surface area (Å²) in [7, 11) is 0. The summed E-state index contributed by atoms with van der Waals surface area (Å²) in [6.45, 7) is 0. The van der Waals surface area contributed by atoms with Crippen LogP contribution in [0.4, 0.5) is 4.39 Å². The van der Waals surface area contributed by atoms with Crippen LogP contribution in [-0.4, -0.2) is 0 Å². The summed E-state index contributed by atoms with van der Waals surface area (Å²) >= 11 is 4.87. The average Bonchev–Trinajstić information content (AvgIpc) is 2.87. The largest absolute Gasteiger partial charge is 0.211 e. The van der Waals surface area contributed by atoms with Crippen LogP contribution < -0.4 is 0 Å². The van der Waals surface area contributed by atoms with Crippen LogP contribution in [0.2, 0.25) is 0 Å². The van der Waals surface area contributed by atoms with E-state index >= 15 is 0 Å². The fourth-order valence-electron chi connectivity index (χ4n) is 2.32. The number of rotatable bonds is 3. The van der Waals surface area contributed by atoms with Gasteiger partial charge in [-0.15, -0.1) is 16.2 Å². The molecule has 0 aliphatic heterocycles. The molecular formula is C15H11BrFNOS. The molecule has 0 fully saturated rings. The van der Waals surface area contributed by atoms with Gasteiger partial charge in [-0.1, -0.05) is 39.3 Å². The summed E-state index contributed by atoms with van der Waals surface area (Å²) in [5.41, 5.74) is 0.379. The molecule has 20 heavy (non-hydrogen) atoms. The smallest absolute Gasteiger partial charge is 0.154 e. The Morgan fingerprint density at radius 2 is 2.10 bits per heavy atom. The van der Waals surface area contributed by atoms with Gasteiger partial charge in [-0.2, -0.15) is 0 Å². The second kappa shape index (κ2) is 5.58. The first-order chi connectivity index (χ1) is 9.69. The molecular weight excluding hydrogens is 341 g/mol. The van der Waals surface area contributed by atoms with Gasteiger partial charge in [-0.25, -0.2) is 4.39 Å². The minimum absolute atomic E-state index is 0.241. The van der Waals surface area contributed by atoms with Gasteiger partial charge in [0.25, 0.3) is 0 Å². The Balaban J connectivity index is 2.08. The van der Waals surface area contributed by atoms with E-state index in [0.717, 1.165) is 19.4 Å². The number of hydrogen-bond donors (Lipinski definition) is 0. The van der Waals surface area contributed by atoms with E-state index in [2.05, 4.69) is 21.1 Å². The van der Waals surface area contributed by atoms with Gasteiger partial charge in [0.05, 0.1) is 0 Å². The van der Waals surface area contributed by atoms with Gasteiger partial charge in [0.1, 0.15) is 5.83 Å². The van der Waals surface area contributed by atoms with Gasteiger partial charge in [0, 0.05) is 21.6 Å². The number of fused-ring (bicyclic) bond motifs is 1. The van der Waals surface area contributed by atoms with E-state index < -0.39 is 6.04 Å². The van der Waals surface area contributed by atoms with Gasteiger partial charge in [0.15, 0.2) is 6.04 Å². The van der Waals surface area contributed by atoms with Gasteiger partial charge in [-0.3, -0.25) is 0 Å². The van der Waals surface area contributed by atoms with Crippen molar-refractivity contribution in [2.75, 3.05) is 0 Å². The second-order valence-corrected chi connectivity index (χ2v) is 6.78. The topological polar surface area (TPSA) is 29.4 Å². The molecule has 102 valence electrons. The van der Waals surface area contributed by atoms with Crippen molar-refractivity contribution in [3.05, 3.63) is 62.1 Å². The Kier molecular flexibility index (Phi) is 3.81. The molecule has 3 rings (SSSR count). The van der Waals surface area contributed by atoms with Crippen molar-refractivity contribution in [3.63, 3.8) is 0 Å². The van der Waals surface area contributed by atoms with Crippen molar-refractivity contribution < 1.29 is 4.39 Å². The maximum Gasteiger partial charge on any atom is 0.154 e. The number of thiophene rings is 1. The van der Waals surface area contributed by atoms with E-state index in [4.69, 9.17) is 0 Å². The molecule has 0 saturated carbocycles. The van der Waals surface area contributed by atoms with Crippen molar-refractivity contribution >= 4 is 37.4 Å². The third-order valence-corrected chi connectivity index (χ3v) is 5.12. The quantitative estimate of drug-likeness (QED) is 0.623. The van der Waals surface area contributed by atoms with Crippen LogP contribution in [0.1, 0.15) is 23.8 Å². The minimum atomic E-state index is -0.764. The zero-order chi connectivity index (χ0) is 14.1. The maximum atomic E-state index is 14.0. The standard InChI is InChI=1S/C15H11BrFNOS/c16-10-5-6-12(17)11(8-10)15(18-19)14-7-9-3-1-2-4-13(9)20-14/h1-4,7-8,15H,5-6H2. The van der Waals surface area contributed by atoms with Gasteiger partial charge in [-0.05, 0) is 34.5 Å². The number of allylic oxidation sites excluding steroid dienone is 2. The molecule has 0 saturated heterocycles. The predicted molar refractivity (Wildman–Crippen MR) is 84.7 cm³/mol. The Labute approximate surface area is 128 Å². The van der Waals surface area contributed by atoms with E-state index in [1.54, 1.807) is 6.08 Å². The van der Waals surface area contributed by atoms with Crippen molar-refractivity contribution in [2.24, 2.45) is 5.18 Å². The predicted octanol–water partition coefficient (Wildman–Crippen LogP) is 6.01. The van der Waals surface area contributed by atoms with Crippen LogP contribution in [0.25, 0.3) is 10.1 Å². The Morgan fingerprint density at radius 1 is 1.30 bits per heavy atom. The first kappa shape index (κ1) is 13.6. The Hall–Kier alpha value is -1.33. The van der Waals surface area contributed by atoms with Crippen LogP contribution in [0, 0.1) is 4.91 Å². The van der Waals surface area contributed by atoms with Crippen molar-refractivity contribution in [3.8, 4) is 0 Å². The number of nitrogens with zero attached hydrogens (tertiary/aromatic N) is 1. The number of hydrogen-bond acceptors (Lipinski definition) is 3. The molecule has 1 atom stereocenters. The monoisotopic (exact) mass is 351 g/mol. The second-order valence-electron chi connectivity index (χ2n) is 4.65. The number of nitroso groups, excluding NO2 is 1. The first-order valence-corrected chi connectivity index (χ1v) is 7.85. The van der Waals surface area contributed by atoms with Crippen LogP contribution in [0.15, 0.2) is 57.5 Å². The molecule has 1 aliphatic carbocycles. The molecule has 1 heterocycles. The highest BCUT2D eigenvalue weighted by molar-refractivity contribution is 9.11. The molecule has 5 heteroatoms. The van der Waals surface area contributed by atoms with E-state index in [9.17, 15) is 9.30 Å². The van der Waals surface area contributed by atoms with Crippen molar-refractivity contribution in [1.82, 2.24) is 0 Å².